The van der Waals surface area contributed by atoms with Crippen LogP contribution in [0.2, 0.25) is 0 Å². The maximum absolute atomic E-state index is 12.7. The van der Waals surface area contributed by atoms with Crippen LogP contribution in [0, 0.1) is 10.5 Å². The van der Waals surface area contributed by atoms with Gasteiger partial charge in [0.15, 0.2) is 0 Å². The molecule has 1 aliphatic heterocycles. The summed E-state index contributed by atoms with van der Waals surface area (Å²) in [6.45, 7) is 1.44. The topological polar surface area (TPSA) is 66.5 Å². The molecule has 0 unspecified atom stereocenters. The molecule has 0 atom stereocenters. The Morgan fingerprint density at radius 1 is 1.14 bits per heavy atom. The predicted octanol–water partition coefficient (Wildman–Crippen LogP) is 3.85. The second-order valence-electron chi connectivity index (χ2n) is 6.47. The zero-order valence-electron chi connectivity index (χ0n) is 14.7. The van der Waals surface area contributed by atoms with Crippen molar-refractivity contribution in [3.63, 3.8) is 0 Å². The molecule has 0 spiro atoms. The molecule has 0 radical (unpaired) electrons. The van der Waals surface area contributed by atoms with E-state index in [0.717, 1.165) is 14.7 Å². The Morgan fingerprint density at radius 3 is 2.50 bits per heavy atom. The summed E-state index contributed by atoms with van der Waals surface area (Å²) >= 11 is 2.12. The molecule has 2 aromatic rings. The highest BCUT2D eigenvalue weighted by atomic mass is 127. The van der Waals surface area contributed by atoms with Crippen LogP contribution < -0.4 is 4.72 Å². The number of anilines is 1. The fourth-order valence-electron chi connectivity index (χ4n) is 3.00. The van der Waals surface area contributed by atoms with Gasteiger partial charge in [0.1, 0.15) is 0 Å². The van der Waals surface area contributed by atoms with Crippen molar-refractivity contribution in [2.24, 2.45) is 0 Å². The number of aryl methyl sites for hydroxylation is 1. The molecule has 0 saturated carbocycles. The Bertz CT molecular complexity index is 1040. The average molecular weight is 524 g/mol. The standard InChI is InChI=1S/C18H16F3IN2O3S/c1-11-8-14(22)3-5-16(11)23-28(26,27)15-4-2-12-6-7-24(10-13(12)9-15)17(25)18(19,20)21/h2-5,8-9,23H,6-7,10H2,1H3. The number of nitrogens with zero attached hydrogens (tertiary/aromatic N) is 1. The molecular formula is C18H16F3IN2O3S. The van der Waals surface area contributed by atoms with E-state index in [1.165, 1.54) is 12.1 Å². The smallest absolute Gasteiger partial charge is 0.330 e. The van der Waals surface area contributed by atoms with Gasteiger partial charge in [-0.15, -0.1) is 0 Å². The van der Waals surface area contributed by atoms with Gasteiger partial charge in [-0.05, 0) is 83.0 Å². The van der Waals surface area contributed by atoms with E-state index in [4.69, 9.17) is 0 Å². The molecule has 28 heavy (non-hydrogen) atoms. The lowest BCUT2D eigenvalue weighted by atomic mass is 10.00. The van der Waals surface area contributed by atoms with Crippen molar-refractivity contribution in [1.29, 1.82) is 0 Å². The highest BCUT2D eigenvalue weighted by Crippen LogP contribution is 2.28. The number of carbonyl (C=O) groups is 1. The van der Waals surface area contributed by atoms with Crippen molar-refractivity contribution in [3.8, 4) is 0 Å². The van der Waals surface area contributed by atoms with E-state index in [2.05, 4.69) is 27.3 Å². The van der Waals surface area contributed by atoms with Crippen LogP contribution in [0.15, 0.2) is 41.3 Å². The zero-order chi connectivity index (χ0) is 20.7. The number of fused-ring (bicyclic) bond motifs is 1. The van der Waals surface area contributed by atoms with Crippen molar-refractivity contribution in [1.82, 2.24) is 4.90 Å². The number of sulfonamides is 1. The molecule has 0 aliphatic carbocycles. The second-order valence-corrected chi connectivity index (χ2v) is 9.40. The van der Waals surface area contributed by atoms with Crippen LogP contribution in [0.3, 0.4) is 0 Å². The van der Waals surface area contributed by atoms with E-state index in [-0.39, 0.29) is 24.4 Å². The third-order valence-corrected chi connectivity index (χ3v) is 6.50. The molecule has 3 rings (SSSR count). The molecule has 0 saturated heterocycles. The largest absolute Gasteiger partial charge is 0.471 e. The minimum atomic E-state index is -4.95. The summed E-state index contributed by atoms with van der Waals surface area (Å²) < 4.78 is 67.0. The second kappa shape index (κ2) is 7.54. The fraction of sp³-hybridized carbons (Fsp3) is 0.278. The Labute approximate surface area is 174 Å². The monoisotopic (exact) mass is 524 g/mol. The maximum Gasteiger partial charge on any atom is 0.471 e. The first-order valence-electron chi connectivity index (χ1n) is 8.24. The van der Waals surface area contributed by atoms with Crippen LogP contribution in [-0.2, 0) is 27.8 Å². The summed E-state index contributed by atoms with van der Waals surface area (Å²) in [5.74, 6) is -1.92. The molecule has 1 N–H and O–H groups in total. The van der Waals surface area contributed by atoms with Gasteiger partial charge in [-0.25, -0.2) is 8.42 Å². The minimum Gasteiger partial charge on any atom is -0.330 e. The molecule has 5 nitrogen and oxygen atoms in total. The van der Waals surface area contributed by atoms with E-state index in [1.54, 1.807) is 25.1 Å². The van der Waals surface area contributed by atoms with Gasteiger partial charge in [0.05, 0.1) is 10.6 Å². The quantitative estimate of drug-likeness (QED) is 0.621. The summed E-state index contributed by atoms with van der Waals surface area (Å²) in [7, 11) is -3.93. The molecule has 10 heteroatoms. The van der Waals surface area contributed by atoms with Crippen LogP contribution >= 0.6 is 22.6 Å². The van der Waals surface area contributed by atoms with Crippen molar-refractivity contribution < 1.29 is 26.4 Å². The lowest BCUT2D eigenvalue weighted by molar-refractivity contribution is -0.186. The van der Waals surface area contributed by atoms with Gasteiger partial charge in [0.25, 0.3) is 10.0 Å². The third kappa shape index (κ3) is 4.43. The summed E-state index contributed by atoms with van der Waals surface area (Å²) in [5, 5.41) is 0. The predicted molar refractivity (Wildman–Crippen MR) is 106 cm³/mol. The van der Waals surface area contributed by atoms with Crippen molar-refractivity contribution in [2.45, 2.75) is 31.0 Å². The van der Waals surface area contributed by atoms with E-state index in [0.29, 0.717) is 16.2 Å². The fourth-order valence-corrected chi connectivity index (χ4v) is 4.83. The highest BCUT2D eigenvalue weighted by Gasteiger charge is 2.43. The van der Waals surface area contributed by atoms with E-state index in [9.17, 15) is 26.4 Å². The van der Waals surface area contributed by atoms with Crippen molar-refractivity contribution in [2.75, 3.05) is 11.3 Å². The van der Waals surface area contributed by atoms with E-state index >= 15 is 0 Å². The molecule has 0 aromatic heterocycles. The first-order valence-corrected chi connectivity index (χ1v) is 10.8. The number of nitrogens with one attached hydrogen (secondary N) is 1. The van der Waals surface area contributed by atoms with Gasteiger partial charge < -0.3 is 4.90 Å². The number of carbonyl (C=O) groups excluding carboxylic acids is 1. The molecule has 150 valence electrons. The number of hydrogen-bond donors (Lipinski definition) is 1. The highest BCUT2D eigenvalue weighted by molar-refractivity contribution is 14.1. The first-order chi connectivity index (χ1) is 13.0. The van der Waals surface area contributed by atoms with Gasteiger partial charge in [-0.2, -0.15) is 13.2 Å². The number of halogens is 4. The van der Waals surface area contributed by atoms with Crippen LogP contribution in [0.4, 0.5) is 18.9 Å². The molecule has 1 heterocycles. The number of amides is 1. The van der Waals surface area contributed by atoms with Gasteiger partial charge >= 0.3 is 12.1 Å². The summed E-state index contributed by atoms with van der Waals surface area (Å²) in [6, 6.07) is 9.57. The van der Waals surface area contributed by atoms with Gasteiger partial charge in [0.2, 0.25) is 0 Å². The van der Waals surface area contributed by atoms with Gasteiger partial charge in [-0.3, -0.25) is 9.52 Å². The Balaban J connectivity index is 1.87. The summed E-state index contributed by atoms with van der Waals surface area (Å²) in [4.78, 5) is 12.1. The van der Waals surface area contributed by atoms with E-state index < -0.39 is 22.1 Å². The first kappa shape index (κ1) is 20.9. The van der Waals surface area contributed by atoms with Crippen molar-refractivity contribution >= 4 is 44.2 Å². The molecule has 2 aromatic carbocycles. The Kier molecular flexibility index (Phi) is 5.63. The zero-order valence-corrected chi connectivity index (χ0v) is 17.7. The third-order valence-electron chi connectivity index (χ3n) is 4.46. The lowest BCUT2D eigenvalue weighted by Crippen LogP contribution is -2.43. The lowest BCUT2D eigenvalue weighted by Gasteiger charge is -2.29. The van der Waals surface area contributed by atoms with Crippen LogP contribution in [0.5, 0.6) is 0 Å². The average Bonchev–Trinajstić information content (AvgIpc) is 2.61. The van der Waals surface area contributed by atoms with Gasteiger partial charge in [0, 0.05) is 16.7 Å². The molecule has 1 amide bonds. The minimum absolute atomic E-state index is 0.0580. The van der Waals surface area contributed by atoms with Crippen LogP contribution in [-0.4, -0.2) is 31.9 Å². The molecular weight excluding hydrogens is 508 g/mol. The van der Waals surface area contributed by atoms with Gasteiger partial charge in [-0.1, -0.05) is 6.07 Å². The number of rotatable bonds is 3. The van der Waals surface area contributed by atoms with Crippen LogP contribution in [0.1, 0.15) is 16.7 Å². The van der Waals surface area contributed by atoms with Crippen molar-refractivity contribution in [3.05, 3.63) is 56.7 Å². The normalized spacial score (nSPS) is 14.5. The molecule has 0 fully saturated rings. The summed E-state index contributed by atoms with van der Waals surface area (Å²) in [5.41, 5.74) is 2.30. The number of alkyl halides is 3. The van der Waals surface area contributed by atoms with Crippen LogP contribution in [0.25, 0.3) is 0 Å². The van der Waals surface area contributed by atoms with E-state index in [1.807, 2.05) is 6.07 Å². The SMILES string of the molecule is Cc1cc(I)ccc1NS(=O)(=O)c1ccc2c(c1)CN(C(=O)C(F)(F)F)CC2. The Hall–Kier alpha value is -1.82. The maximum atomic E-state index is 12.7. The summed E-state index contributed by atoms with van der Waals surface area (Å²) in [6.07, 6.45) is -4.72. The Morgan fingerprint density at radius 2 is 1.86 bits per heavy atom. The molecule has 1 aliphatic rings. The number of benzene rings is 2. The number of hydrogen-bond acceptors (Lipinski definition) is 3. The molecule has 0 bridgehead atoms.